The van der Waals surface area contributed by atoms with Crippen LogP contribution in [0.4, 0.5) is 11.4 Å². The zero-order valence-electron chi connectivity index (χ0n) is 16.2. The minimum absolute atomic E-state index is 0.0768. The molecule has 0 saturated heterocycles. The van der Waals surface area contributed by atoms with Crippen molar-refractivity contribution >= 4 is 34.8 Å². The molecule has 0 fully saturated rings. The first-order chi connectivity index (χ1) is 13.3. The highest BCUT2D eigenvalue weighted by Crippen LogP contribution is 2.32. The number of anilines is 2. The number of nitrogens with one attached hydrogen (secondary N) is 2. The van der Waals surface area contributed by atoms with E-state index in [1.54, 1.807) is 18.2 Å². The van der Waals surface area contributed by atoms with E-state index in [0.29, 0.717) is 22.7 Å². The fraction of sp³-hybridized carbons (Fsp3) is 0.364. The van der Waals surface area contributed by atoms with Gasteiger partial charge in [-0.1, -0.05) is 31.5 Å². The van der Waals surface area contributed by atoms with Crippen LogP contribution in [0.3, 0.4) is 0 Å². The van der Waals surface area contributed by atoms with E-state index in [-0.39, 0.29) is 23.8 Å². The van der Waals surface area contributed by atoms with E-state index < -0.39 is 0 Å². The molecular formula is C22H26ClN3O2. The minimum Gasteiger partial charge on any atom is -0.399 e. The molecule has 2 aromatic rings. The molecule has 0 bridgehead atoms. The van der Waals surface area contributed by atoms with E-state index in [0.717, 1.165) is 30.5 Å². The van der Waals surface area contributed by atoms with Crippen molar-refractivity contribution in [3.8, 4) is 0 Å². The molecule has 5 nitrogen and oxygen atoms in total. The molecule has 1 aliphatic rings. The highest BCUT2D eigenvalue weighted by atomic mass is 35.5. The van der Waals surface area contributed by atoms with Crippen LogP contribution in [0.15, 0.2) is 36.4 Å². The molecule has 0 aliphatic heterocycles. The SMILES string of the molecule is CC(C)CC(=O)Nc1ccc(Cl)c(C(=O)NC2CCCc3cc(N)ccc32)c1. The van der Waals surface area contributed by atoms with Crippen molar-refractivity contribution in [3.63, 3.8) is 0 Å². The highest BCUT2D eigenvalue weighted by Gasteiger charge is 2.23. The summed E-state index contributed by atoms with van der Waals surface area (Å²) in [4.78, 5) is 24.9. The lowest BCUT2D eigenvalue weighted by Gasteiger charge is -2.27. The van der Waals surface area contributed by atoms with Crippen LogP contribution in [0.25, 0.3) is 0 Å². The summed E-state index contributed by atoms with van der Waals surface area (Å²) in [7, 11) is 0. The molecule has 2 aromatic carbocycles. The summed E-state index contributed by atoms with van der Waals surface area (Å²) >= 11 is 6.26. The quantitative estimate of drug-likeness (QED) is 0.636. The molecular weight excluding hydrogens is 374 g/mol. The first-order valence-electron chi connectivity index (χ1n) is 9.62. The Morgan fingerprint density at radius 3 is 2.75 bits per heavy atom. The molecule has 1 unspecified atom stereocenters. The Morgan fingerprint density at radius 2 is 2.00 bits per heavy atom. The Hall–Kier alpha value is -2.53. The third-order valence-electron chi connectivity index (χ3n) is 4.88. The topological polar surface area (TPSA) is 84.2 Å². The van der Waals surface area contributed by atoms with Gasteiger partial charge in [-0.25, -0.2) is 0 Å². The second-order valence-corrected chi connectivity index (χ2v) is 8.12. The van der Waals surface area contributed by atoms with Crippen LogP contribution in [0.5, 0.6) is 0 Å². The summed E-state index contributed by atoms with van der Waals surface area (Å²) in [5.41, 5.74) is 9.82. The number of aryl methyl sites for hydroxylation is 1. The number of carbonyl (C=O) groups is 2. The van der Waals surface area contributed by atoms with Gasteiger partial charge < -0.3 is 16.4 Å². The van der Waals surface area contributed by atoms with Gasteiger partial charge in [0.2, 0.25) is 5.91 Å². The first-order valence-corrected chi connectivity index (χ1v) is 10.00. The first kappa shape index (κ1) is 20.2. The van der Waals surface area contributed by atoms with Crippen LogP contribution in [0.2, 0.25) is 5.02 Å². The summed E-state index contributed by atoms with van der Waals surface area (Å²) in [6.07, 6.45) is 3.24. The van der Waals surface area contributed by atoms with Gasteiger partial charge in [-0.2, -0.15) is 0 Å². The Balaban J connectivity index is 1.76. The number of carbonyl (C=O) groups excluding carboxylic acids is 2. The molecule has 0 radical (unpaired) electrons. The van der Waals surface area contributed by atoms with Crippen LogP contribution in [0, 0.1) is 5.92 Å². The predicted molar refractivity (Wildman–Crippen MR) is 114 cm³/mol. The molecule has 0 saturated carbocycles. The van der Waals surface area contributed by atoms with Crippen molar-refractivity contribution < 1.29 is 9.59 Å². The molecule has 0 spiro atoms. The average Bonchev–Trinajstić information content (AvgIpc) is 2.62. The molecule has 148 valence electrons. The van der Waals surface area contributed by atoms with Gasteiger partial charge in [-0.15, -0.1) is 0 Å². The Labute approximate surface area is 170 Å². The Morgan fingerprint density at radius 1 is 1.21 bits per heavy atom. The van der Waals surface area contributed by atoms with E-state index in [9.17, 15) is 9.59 Å². The second kappa shape index (κ2) is 8.65. The van der Waals surface area contributed by atoms with Gasteiger partial charge in [0.15, 0.2) is 0 Å². The smallest absolute Gasteiger partial charge is 0.253 e. The number of halogens is 1. The molecule has 3 rings (SSSR count). The van der Waals surface area contributed by atoms with E-state index in [1.807, 2.05) is 32.0 Å². The number of fused-ring (bicyclic) bond motifs is 1. The summed E-state index contributed by atoms with van der Waals surface area (Å²) in [5, 5.41) is 6.27. The molecule has 28 heavy (non-hydrogen) atoms. The lowest BCUT2D eigenvalue weighted by molar-refractivity contribution is -0.116. The van der Waals surface area contributed by atoms with Gasteiger partial charge in [-0.05, 0) is 66.6 Å². The zero-order chi connectivity index (χ0) is 20.3. The van der Waals surface area contributed by atoms with Crippen LogP contribution >= 0.6 is 11.6 Å². The number of benzene rings is 2. The van der Waals surface area contributed by atoms with Crippen LogP contribution in [-0.2, 0) is 11.2 Å². The maximum atomic E-state index is 12.9. The second-order valence-electron chi connectivity index (χ2n) is 7.72. The molecule has 1 aliphatic carbocycles. The monoisotopic (exact) mass is 399 g/mol. The molecule has 0 aromatic heterocycles. The summed E-state index contributed by atoms with van der Waals surface area (Å²) < 4.78 is 0. The number of nitrogen functional groups attached to an aromatic ring is 1. The van der Waals surface area contributed by atoms with Crippen molar-refractivity contribution in [1.82, 2.24) is 5.32 Å². The standard InChI is InChI=1S/C22H26ClN3O2/c1-13(2)10-21(27)25-16-7-9-19(23)18(12-16)22(28)26-20-5-3-4-14-11-15(24)6-8-17(14)20/h6-9,11-13,20H,3-5,10,24H2,1-2H3,(H,25,27)(H,26,28). The van der Waals surface area contributed by atoms with Crippen molar-refractivity contribution in [2.45, 2.75) is 45.6 Å². The van der Waals surface area contributed by atoms with Crippen LogP contribution in [-0.4, -0.2) is 11.8 Å². The maximum Gasteiger partial charge on any atom is 0.253 e. The number of rotatable bonds is 5. The predicted octanol–water partition coefficient (Wildman–Crippen LogP) is 4.71. The summed E-state index contributed by atoms with van der Waals surface area (Å²) in [5.74, 6) is -0.0717. The maximum absolute atomic E-state index is 12.9. The number of hydrogen-bond acceptors (Lipinski definition) is 3. The Bertz CT molecular complexity index is 895. The lowest BCUT2D eigenvalue weighted by Crippen LogP contribution is -2.31. The van der Waals surface area contributed by atoms with Gasteiger partial charge in [0.25, 0.3) is 5.91 Å². The van der Waals surface area contributed by atoms with Crippen molar-refractivity contribution in [2.24, 2.45) is 5.92 Å². The van der Waals surface area contributed by atoms with Crippen molar-refractivity contribution in [1.29, 1.82) is 0 Å². The van der Waals surface area contributed by atoms with Gasteiger partial charge in [0.05, 0.1) is 16.6 Å². The molecule has 1 atom stereocenters. The fourth-order valence-electron chi connectivity index (χ4n) is 3.58. The molecule has 0 heterocycles. The largest absolute Gasteiger partial charge is 0.399 e. The molecule has 4 N–H and O–H groups in total. The third-order valence-corrected chi connectivity index (χ3v) is 5.20. The number of amides is 2. The summed E-state index contributed by atoms with van der Waals surface area (Å²) in [6, 6.07) is 10.7. The normalized spacial score (nSPS) is 15.8. The van der Waals surface area contributed by atoms with E-state index in [1.165, 1.54) is 5.56 Å². The Kier molecular flexibility index (Phi) is 6.25. The van der Waals surface area contributed by atoms with Crippen LogP contribution < -0.4 is 16.4 Å². The van der Waals surface area contributed by atoms with E-state index >= 15 is 0 Å². The highest BCUT2D eigenvalue weighted by molar-refractivity contribution is 6.34. The van der Waals surface area contributed by atoms with Crippen LogP contribution in [0.1, 0.15) is 60.6 Å². The van der Waals surface area contributed by atoms with Gasteiger partial charge >= 0.3 is 0 Å². The molecule has 6 heteroatoms. The van der Waals surface area contributed by atoms with Gasteiger partial charge in [0.1, 0.15) is 0 Å². The van der Waals surface area contributed by atoms with E-state index in [2.05, 4.69) is 10.6 Å². The number of nitrogens with two attached hydrogens (primary N) is 1. The third kappa shape index (κ3) is 4.84. The molecule has 2 amide bonds. The van der Waals surface area contributed by atoms with Crippen molar-refractivity contribution in [2.75, 3.05) is 11.1 Å². The lowest BCUT2D eigenvalue weighted by atomic mass is 9.87. The number of hydrogen-bond donors (Lipinski definition) is 3. The van der Waals surface area contributed by atoms with E-state index in [4.69, 9.17) is 17.3 Å². The zero-order valence-corrected chi connectivity index (χ0v) is 17.0. The van der Waals surface area contributed by atoms with Crippen molar-refractivity contribution in [3.05, 3.63) is 58.1 Å². The van der Waals surface area contributed by atoms with Gasteiger partial charge in [-0.3, -0.25) is 9.59 Å². The fourth-order valence-corrected chi connectivity index (χ4v) is 3.78. The van der Waals surface area contributed by atoms with Gasteiger partial charge in [0, 0.05) is 17.8 Å². The minimum atomic E-state index is -0.250. The average molecular weight is 400 g/mol. The summed E-state index contributed by atoms with van der Waals surface area (Å²) in [6.45, 7) is 3.96.